The molecule has 6 heteroatoms. The number of aliphatic carboxylic acids is 1. The van der Waals surface area contributed by atoms with Gasteiger partial charge in [0, 0.05) is 20.1 Å². The van der Waals surface area contributed by atoms with Crippen LogP contribution >= 0.6 is 0 Å². The molecule has 1 rings (SSSR count). The van der Waals surface area contributed by atoms with Crippen molar-refractivity contribution in [1.29, 1.82) is 0 Å². The number of unbranched alkanes of at least 4 members (excludes halogenated alkanes) is 1. The molecule has 1 heterocycles. The average molecular weight is 258 g/mol. The van der Waals surface area contributed by atoms with Crippen LogP contribution in [0, 0.1) is 0 Å². The molecule has 0 bridgehead atoms. The summed E-state index contributed by atoms with van der Waals surface area (Å²) in [5.41, 5.74) is 5.81. The molecular weight excluding hydrogens is 236 g/mol. The molecule has 1 amide bonds. The third-order valence-corrected chi connectivity index (χ3v) is 3.35. The van der Waals surface area contributed by atoms with Gasteiger partial charge in [0.1, 0.15) is 6.04 Å². The Morgan fingerprint density at radius 2 is 2.22 bits per heavy atom. The van der Waals surface area contributed by atoms with Crippen LogP contribution in [-0.2, 0) is 14.3 Å². The zero-order chi connectivity index (χ0) is 13.7. The fourth-order valence-electron chi connectivity index (χ4n) is 2.21. The molecule has 0 aromatic carbocycles. The van der Waals surface area contributed by atoms with E-state index in [1.807, 2.05) is 6.92 Å². The van der Waals surface area contributed by atoms with Crippen molar-refractivity contribution in [3.8, 4) is 0 Å². The van der Waals surface area contributed by atoms with Crippen LogP contribution in [0.25, 0.3) is 0 Å². The van der Waals surface area contributed by atoms with E-state index in [9.17, 15) is 9.59 Å². The van der Waals surface area contributed by atoms with Gasteiger partial charge in [0.05, 0.1) is 12.1 Å². The van der Waals surface area contributed by atoms with Crippen molar-refractivity contribution < 1.29 is 19.4 Å². The van der Waals surface area contributed by atoms with E-state index in [4.69, 9.17) is 15.6 Å². The Kier molecular flexibility index (Phi) is 5.55. The summed E-state index contributed by atoms with van der Waals surface area (Å²) in [5.74, 6) is -1.28. The first-order valence-electron chi connectivity index (χ1n) is 6.32. The van der Waals surface area contributed by atoms with Crippen molar-refractivity contribution in [3.63, 3.8) is 0 Å². The Balaban J connectivity index is 2.67. The van der Waals surface area contributed by atoms with Gasteiger partial charge in [-0.25, -0.2) is 4.79 Å². The third-order valence-electron chi connectivity index (χ3n) is 3.35. The molecule has 0 spiro atoms. The molecule has 0 aromatic heterocycles. The summed E-state index contributed by atoms with van der Waals surface area (Å²) in [5, 5.41) is 9.11. The largest absolute Gasteiger partial charge is 0.480 e. The topological polar surface area (TPSA) is 92.9 Å². The molecule has 3 unspecified atom stereocenters. The number of methoxy groups -OCH3 is 1. The Bertz CT molecular complexity index is 308. The monoisotopic (exact) mass is 258 g/mol. The van der Waals surface area contributed by atoms with Gasteiger partial charge in [-0.2, -0.15) is 0 Å². The second kappa shape index (κ2) is 6.70. The highest BCUT2D eigenvalue weighted by Crippen LogP contribution is 2.21. The summed E-state index contributed by atoms with van der Waals surface area (Å²) in [6, 6.07) is -1.42. The predicted octanol–water partition coefficient (Wildman–Crippen LogP) is 0.204. The number of nitrogens with zero attached hydrogens (tertiary/aromatic N) is 1. The van der Waals surface area contributed by atoms with Crippen LogP contribution in [0.5, 0.6) is 0 Å². The average Bonchev–Trinajstić information content (AvgIpc) is 2.79. The lowest BCUT2D eigenvalue weighted by molar-refractivity contribution is -0.148. The van der Waals surface area contributed by atoms with E-state index < -0.39 is 18.1 Å². The summed E-state index contributed by atoms with van der Waals surface area (Å²) < 4.78 is 5.13. The van der Waals surface area contributed by atoms with Gasteiger partial charge >= 0.3 is 5.97 Å². The standard InChI is InChI=1S/C12H22N2O4/c1-3-4-5-9(13)11(15)14-7-8(18-2)6-10(14)12(16)17/h8-10H,3-7,13H2,1-2H3,(H,16,17). The zero-order valence-electron chi connectivity index (χ0n) is 11.0. The smallest absolute Gasteiger partial charge is 0.326 e. The fraction of sp³-hybridized carbons (Fsp3) is 0.833. The van der Waals surface area contributed by atoms with Crippen LogP contribution < -0.4 is 5.73 Å². The number of hydrogen-bond donors (Lipinski definition) is 2. The molecule has 3 atom stereocenters. The van der Waals surface area contributed by atoms with Crippen LogP contribution in [0.4, 0.5) is 0 Å². The maximum atomic E-state index is 12.1. The normalized spacial score (nSPS) is 25.2. The quantitative estimate of drug-likeness (QED) is 0.710. The fourth-order valence-corrected chi connectivity index (χ4v) is 2.21. The molecule has 1 fully saturated rings. The molecule has 0 aromatic rings. The minimum absolute atomic E-state index is 0.214. The minimum Gasteiger partial charge on any atom is -0.480 e. The van der Waals surface area contributed by atoms with E-state index in [2.05, 4.69) is 0 Å². The third kappa shape index (κ3) is 3.43. The highest BCUT2D eigenvalue weighted by atomic mass is 16.5. The molecule has 3 N–H and O–H groups in total. The Morgan fingerprint density at radius 3 is 2.72 bits per heavy atom. The number of rotatable bonds is 6. The second-order valence-corrected chi connectivity index (χ2v) is 4.69. The molecule has 0 saturated carbocycles. The number of carbonyl (C=O) groups excluding carboxylic acids is 1. The first-order valence-corrected chi connectivity index (χ1v) is 6.32. The summed E-state index contributed by atoms with van der Waals surface area (Å²) in [6.07, 6.45) is 2.54. The van der Waals surface area contributed by atoms with Crippen molar-refractivity contribution in [3.05, 3.63) is 0 Å². The molecular formula is C12H22N2O4. The van der Waals surface area contributed by atoms with Gasteiger partial charge in [-0.3, -0.25) is 4.79 Å². The first kappa shape index (κ1) is 14.9. The van der Waals surface area contributed by atoms with Crippen molar-refractivity contribution in [2.24, 2.45) is 5.73 Å². The first-order chi connectivity index (χ1) is 8.51. The second-order valence-electron chi connectivity index (χ2n) is 4.69. The SMILES string of the molecule is CCCCC(N)C(=O)N1CC(OC)CC1C(=O)O. The van der Waals surface area contributed by atoms with Gasteiger partial charge in [0.2, 0.25) is 5.91 Å². The molecule has 6 nitrogen and oxygen atoms in total. The van der Waals surface area contributed by atoms with E-state index in [1.54, 1.807) is 0 Å². The summed E-state index contributed by atoms with van der Waals surface area (Å²) in [7, 11) is 1.52. The van der Waals surface area contributed by atoms with Crippen LogP contribution in [0.1, 0.15) is 32.6 Å². The van der Waals surface area contributed by atoms with Gasteiger partial charge in [-0.1, -0.05) is 19.8 Å². The Morgan fingerprint density at radius 1 is 1.56 bits per heavy atom. The van der Waals surface area contributed by atoms with Crippen molar-refractivity contribution >= 4 is 11.9 Å². The van der Waals surface area contributed by atoms with E-state index in [0.717, 1.165) is 12.8 Å². The number of carbonyl (C=O) groups is 2. The summed E-state index contributed by atoms with van der Waals surface area (Å²) in [4.78, 5) is 24.6. The lowest BCUT2D eigenvalue weighted by atomic mass is 10.1. The van der Waals surface area contributed by atoms with Crippen LogP contribution in [0.15, 0.2) is 0 Å². The Labute approximate surface area is 107 Å². The van der Waals surface area contributed by atoms with Gasteiger partial charge < -0.3 is 20.5 Å². The van der Waals surface area contributed by atoms with Crippen molar-refractivity contribution in [2.75, 3.05) is 13.7 Å². The maximum Gasteiger partial charge on any atom is 0.326 e. The lowest BCUT2D eigenvalue weighted by Gasteiger charge is -2.24. The number of hydrogen-bond acceptors (Lipinski definition) is 4. The minimum atomic E-state index is -0.995. The zero-order valence-corrected chi connectivity index (χ0v) is 11.0. The number of ether oxygens (including phenoxy) is 1. The maximum absolute atomic E-state index is 12.1. The Hall–Kier alpha value is -1.14. The van der Waals surface area contributed by atoms with Crippen molar-refractivity contribution in [1.82, 2.24) is 4.90 Å². The highest BCUT2D eigenvalue weighted by Gasteiger charge is 2.40. The number of carboxylic acid groups (broad SMARTS) is 1. The molecule has 1 aliphatic rings. The van der Waals surface area contributed by atoms with Crippen molar-refractivity contribution in [2.45, 2.75) is 50.8 Å². The molecule has 18 heavy (non-hydrogen) atoms. The van der Waals surface area contributed by atoms with Gasteiger partial charge in [-0.05, 0) is 6.42 Å². The number of carboxylic acids is 1. The summed E-state index contributed by atoms with van der Waals surface area (Å²) >= 11 is 0. The molecule has 1 saturated heterocycles. The molecule has 0 aliphatic carbocycles. The van der Waals surface area contributed by atoms with E-state index >= 15 is 0 Å². The number of amides is 1. The predicted molar refractivity (Wildman–Crippen MR) is 66.1 cm³/mol. The van der Waals surface area contributed by atoms with Crippen LogP contribution in [0.2, 0.25) is 0 Å². The number of likely N-dealkylation sites (tertiary alicyclic amines) is 1. The van der Waals surface area contributed by atoms with Gasteiger partial charge in [0.15, 0.2) is 0 Å². The highest BCUT2D eigenvalue weighted by molar-refractivity contribution is 5.87. The van der Waals surface area contributed by atoms with E-state index in [-0.39, 0.29) is 12.0 Å². The van der Waals surface area contributed by atoms with Crippen LogP contribution in [-0.4, -0.2) is 53.7 Å². The molecule has 104 valence electrons. The number of nitrogens with two attached hydrogens (primary N) is 1. The lowest BCUT2D eigenvalue weighted by Crippen LogP contribution is -2.48. The summed E-state index contributed by atoms with van der Waals surface area (Å²) in [6.45, 7) is 2.33. The van der Waals surface area contributed by atoms with E-state index in [0.29, 0.717) is 19.4 Å². The molecule has 0 radical (unpaired) electrons. The van der Waals surface area contributed by atoms with E-state index in [1.165, 1.54) is 12.0 Å². The van der Waals surface area contributed by atoms with Gasteiger partial charge in [0.25, 0.3) is 0 Å². The van der Waals surface area contributed by atoms with Crippen LogP contribution in [0.3, 0.4) is 0 Å². The molecule has 1 aliphatic heterocycles. The van der Waals surface area contributed by atoms with Gasteiger partial charge in [-0.15, -0.1) is 0 Å².